The third-order valence-electron chi connectivity index (χ3n) is 2.97. The molecule has 0 amide bonds. The second-order valence-electron chi connectivity index (χ2n) is 6.19. The molecule has 1 fully saturated rings. The molecule has 118 valence electrons. The van der Waals surface area contributed by atoms with Crippen molar-refractivity contribution in [1.82, 2.24) is 15.0 Å². The Balaban J connectivity index is 0.000000356. The summed E-state index contributed by atoms with van der Waals surface area (Å²) in [5.41, 5.74) is 1.55. The first-order chi connectivity index (χ1) is 9.83. The van der Waals surface area contributed by atoms with Gasteiger partial charge in [-0.15, -0.1) is 0 Å². The Morgan fingerprint density at radius 3 is 2.38 bits per heavy atom. The van der Waals surface area contributed by atoms with Crippen LogP contribution in [0.5, 0.6) is 0 Å². The maximum absolute atomic E-state index is 9.29. The summed E-state index contributed by atoms with van der Waals surface area (Å²) in [6, 6.07) is 6.04. The smallest absolute Gasteiger partial charge is 0.129 e. The highest BCUT2D eigenvalue weighted by Crippen LogP contribution is 2.17. The number of pyridine rings is 1. The predicted octanol–water partition coefficient (Wildman–Crippen LogP) is 2.10. The van der Waals surface area contributed by atoms with E-state index in [-0.39, 0.29) is 1.43 Å². The highest BCUT2D eigenvalue weighted by atomic mass is 16.5. The minimum absolute atomic E-state index is 0. The lowest BCUT2D eigenvalue weighted by molar-refractivity contribution is -0.0936. The van der Waals surface area contributed by atoms with Crippen molar-refractivity contribution in [3.05, 3.63) is 24.4 Å². The maximum atomic E-state index is 9.29. The fraction of sp³-hybridized carbons (Fsp3) is 0.533. The Hall–Kier alpha value is -1.63. The van der Waals surface area contributed by atoms with Crippen LogP contribution >= 0.6 is 0 Å². The first-order valence-corrected chi connectivity index (χ1v) is 7.18. The molecule has 0 atom stereocenters. The fourth-order valence-electron chi connectivity index (χ4n) is 2.02. The molecule has 3 N–H and O–H groups in total. The Bertz CT molecular complexity index is 568. The van der Waals surface area contributed by atoms with Gasteiger partial charge in [0.05, 0.1) is 16.6 Å². The number of nitrogens with zero attached hydrogens (tertiary/aromatic N) is 3. The number of aromatic nitrogens is 2. The minimum atomic E-state index is -0.500. The normalized spacial score (nSPS) is 16.7. The summed E-state index contributed by atoms with van der Waals surface area (Å²) < 4.78 is 0. The highest BCUT2D eigenvalue weighted by Gasteiger charge is 2.16. The van der Waals surface area contributed by atoms with E-state index in [1.165, 1.54) is 5.06 Å². The molecule has 21 heavy (non-hydrogen) atoms. The number of H-pyrrole nitrogens is 1. The Morgan fingerprint density at radius 1 is 1.14 bits per heavy atom. The number of fused-ring (bicyclic) bond motifs is 1. The number of hydroxylamine groups is 2. The zero-order chi connectivity index (χ0) is 15.5. The van der Waals surface area contributed by atoms with Crippen molar-refractivity contribution in [3.8, 4) is 0 Å². The molecule has 3 heterocycles. The molecule has 3 rings (SSSR count). The Morgan fingerprint density at radius 2 is 1.76 bits per heavy atom. The van der Waals surface area contributed by atoms with Gasteiger partial charge in [-0.3, -0.25) is 0 Å². The van der Waals surface area contributed by atoms with Crippen LogP contribution in [0.2, 0.25) is 0 Å². The van der Waals surface area contributed by atoms with E-state index in [4.69, 9.17) is 5.11 Å². The third-order valence-corrected chi connectivity index (χ3v) is 2.97. The van der Waals surface area contributed by atoms with E-state index in [9.17, 15) is 5.21 Å². The van der Waals surface area contributed by atoms with E-state index < -0.39 is 5.60 Å². The summed E-state index contributed by atoms with van der Waals surface area (Å²) in [7, 11) is 0. The second-order valence-corrected chi connectivity index (χ2v) is 6.19. The van der Waals surface area contributed by atoms with E-state index in [1.807, 2.05) is 24.4 Å². The van der Waals surface area contributed by atoms with Crippen LogP contribution in [-0.4, -0.2) is 57.1 Å². The van der Waals surface area contributed by atoms with Crippen molar-refractivity contribution in [2.24, 2.45) is 0 Å². The number of nitrogens with one attached hydrogen (secondary N) is 1. The van der Waals surface area contributed by atoms with Crippen LogP contribution in [0, 0.1) is 0 Å². The van der Waals surface area contributed by atoms with Gasteiger partial charge in [-0.2, -0.15) is 5.06 Å². The monoisotopic (exact) mass is 294 g/mol. The fourth-order valence-corrected chi connectivity index (χ4v) is 2.02. The number of aliphatic hydroxyl groups is 1. The molecule has 6 heteroatoms. The van der Waals surface area contributed by atoms with E-state index in [2.05, 4.69) is 14.9 Å². The molecule has 1 aliphatic heterocycles. The lowest BCUT2D eigenvalue weighted by atomic mass is 10.2. The number of hydrogen-bond acceptors (Lipinski definition) is 5. The summed E-state index contributed by atoms with van der Waals surface area (Å²) >= 11 is 0. The second kappa shape index (κ2) is 6.43. The molecular formula is C15H26N4O2. The quantitative estimate of drug-likeness (QED) is 0.751. The molecule has 1 saturated heterocycles. The zero-order valence-electron chi connectivity index (χ0n) is 12.9. The Labute approximate surface area is 126 Å². The van der Waals surface area contributed by atoms with Crippen molar-refractivity contribution in [2.45, 2.75) is 26.4 Å². The van der Waals surface area contributed by atoms with Gasteiger partial charge in [0.15, 0.2) is 0 Å². The topological polar surface area (TPSA) is 75.6 Å². The molecule has 0 radical (unpaired) electrons. The molecule has 0 saturated carbocycles. The number of rotatable bonds is 1. The molecule has 0 aliphatic carbocycles. The van der Waals surface area contributed by atoms with Gasteiger partial charge >= 0.3 is 0 Å². The first-order valence-electron chi connectivity index (χ1n) is 7.18. The molecular weight excluding hydrogens is 268 g/mol. The maximum Gasteiger partial charge on any atom is 0.129 e. The largest absolute Gasteiger partial charge is 0.391 e. The van der Waals surface area contributed by atoms with Gasteiger partial charge < -0.3 is 20.2 Å². The number of piperazine rings is 1. The minimum Gasteiger partial charge on any atom is -0.391 e. The van der Waals surface area contributed by atoms with Crippen molar-refractivity contribution in [2.75, 3.05) is 31.1 Å². The summed E-state index contributed by atoms with van der Waals surface area (Å²) in [6.45, 7) is 8.21. The summed E-state index contributed by atoms with van der Waals surface area (Å²) in [5.74, 6) is 0.986. The van der Waals surface area contributed by atoms with Crippen LogP contribution in [0.1, 0.15) is 22.2 Å². The molecule has 0 aromatic carbocycles. The van der Waals surface area contributed by atoms with Gasteiger partial charge in [-0.1, -0.05) is 0 Å². The van der Waals surface area contributed by atoms with Crippen LogP contribution in [0.15, 0.2) is 24.4 Å². The van der Waals surface area contributed by atoms with Crippen molar-refractivity contribution in [3.63, 3.8) is 0 Å². The number of hydrogen-bond donors (Lipinski definition) is 3. The van der Waals surface area contributed by atoms with Gasteiger partial charge in [-0.05, 0) is 39.0 Å². The predicted molar refractivity (Wildman–Crippen MR) is 85.8 cm³/mol. The standard InChI is InChI=1S/C11H14N4O.C4H10O.H2/c16-15-7-5-14(6-8-15)11-2-1-9-10(13-11)3-4-12-9;1-4(2,3)5;/h1-4,12,16H,5-8H2;5H,1-3H3;1H. The van der Waals surface area contributed by atoms with Crippen LogP contribution in [0.3, 0.4) is 0 Å². The molecule has 1 aliphatic rings. The van der Waals surface area contributed by atoms with Gasteiger partial charge in [0.2, 0.25) is 0 Å². The van der Waals surface area contributed by atoms with Crippen LogP contribution in [-0.2, 0) is 0 Å². The van der Waals surface area contributed by atoms with Crippen molar-refractivity contribution in [1.29, 1.82) is 0 Å². The SMILES string of the molecule is CC(C)(C)O.ON1CCN(c2ccc3[nH]ccc3n2)CC1.[HH]. The molecule has 0 spiro atoms. The molecule has 0 bridgehead atoms. The van der Waals surface area contributed by atoms with E-state index in [0.717, 1.165) is 29.9 Å². The molecule has 0 unspecified atom stereocenters. The lowest BCUT2D eigenvalue weighted by Crippen LogP contribution is -2.45. The average molecular weight is 294 g/mol. The van der Waals surface area contributed by atoms with Crippen LogP contribution in [0.4, 0.5) is 5.82 Å². The first kappa shape index (κ1) is 15.8. The Kier molecular flexibility index (Phi) is 4.82. The van der Waals surface area contributed by atoms with Gasteiger partial charge in [0.1, 0.15) is 5.82 Å². The third kappa shape index (κ3) is 5.00. The molecule has 2 aromatic heterocycles. The summed E-state index contributed by atoms with van der Waals surface area (Å²) in [4.78, 5) is 9.90. The summed E-state index contributed by atoms with van der Waals surface area (Å²) in [5, 5.41) is 19.2. The zero-order valence-corrected chi connectivity index (χ0v) is 12.9. The van der Waals surface area contributed by atoms with Crippen LogP contribution in [0.25, 0.3) is 11.0 Å². The lowest BCUT2D eigenvalue weighted by Gasteiger charge is -2.31. The van der Waals surface area contributed by atoms with E-state index in [1.54, 1.807) is 20.8 Å². The van der Waals surface area contributed by atoms with Crippen LogP contribution < -0.4 is 4.90 Å². The average Bonchev–Trinajstić information content (AvgIpc) is 2.84. The van der Waals surface area contributed by atoms with E-state index >= 15 is 0 Å². The molecule has 6 nitrogen and oxygen atoms in total. The number of aromatic amines is 1. The molecule has 2 aromatic rings. The van der Waals surface area contributed by atoms with Gasteiger partial charge in [0, 0.05) is 33.8 Å². The highest BCUT2D eigenvalue weighted by molar-refractivity contribution is 5.76. The van der Waals surface area contributed by atoms with Gasteiger partial charge in [-0.25, -0.2) is 4.98 Å². The summed E-state index contributed by atoms with van der Waals surface area (Å²) in [6.07, 6.45) is 1.90. The van der Waals surface area contributed by atoms with Gasteiger partial charge in [0.25, 0.3) is 0 Å². The van der Waals surface area contributed by atoms with Crippen molar-refractivity contribution < 1.29 is 11.7 Å². The number of anilines is 1. The van der Waals surface area contributed by atoms with E-state index in [0.29, 0.717) is 13.1 Å². The van der Waals surface area contributed by atoms with Crippen molar-refractivity contribution >= 4 is 16.9 Å².